The normalized spacial score (nSPS) is 16.6. The second kappa shape index (κ2) is 7.34. The lowest BCUT2D eigenvalue weighted by Gasteiger charge is -2.26. The van der Waals surface area contributed by atoms with E-state index in [1.54, 1.807) is 0 Å². The maximum atomic E-state index is 12.0. The van der Waals surface area contributed by atoms with Crippen molar-refractivity contribution in [2.24, 2.45) is 0 Å². The first-order valence-corrected chi connectivity index (χ1v) is 9.91. The Hall–Kier alpha value is -2.75. The van der Waals surface area contributed by atoms with Crippen LogP contribution in [-0.4, -0.2) is 17.7 Å². The van der Waals surface area contributed by atoms with E-state index in [9.17, 15) is 9.90 Å². The molecule has 28 heavy (non-hydrogen) atoms. The van der Waals surface area contributed by atoms with Crippen LogP contribution in [0.25, 0.3) is 11.1 Å². The third-order valence-corrected chi connectivity index (χ3v) is 5.89. The second-order valence-electron chi connectivity index (χ2n) is 7.72. The van der Waals surface area contributed by atoms with Gasteiger partial charge in [-0.15, -0.1) is 0 Å². The molecule has 2 aliphatic rings. The highest BCUT2D eigenvalue weighted by molar-refractivity contribution is 5.84. The molecule has 0 amide bonds. The first kappa shape index (κ1) is 18.6. The summed E-state index contributed by atoms with van der Waals surface area (Å²) in [6, 6.07) is 8.29. The molecule has 1 aliphatic heterocycles. The Bertz CT molecular complexity index is 940. The van der Waals surface area contributed by atoms with E-state index in [2.05, 4.69) is 25.6 Å². The summed E-state index contributed by atoms with van der Waals surface area (Å²) in [5.41, 5.74) is 7.38. The lowest BCUT2D eigenvalue weighted by molar-refractivity contribution is -0.147. The van der Waals surface area contributed by atoms with E-state index in [1.165, 1.54) is 23.0 Å². The number of carbonyl (C=O) groups is 1. The lowest BCUT2D eigenvalue weighted by Crippen LogP contribution is -2.17. The monoisotopic (exact) mass is 378 g/mol. The van der Waals surface area contributed by atoms with E-state index in [-0.39, 0.29) is 0 Å². The minimum absolute atomic E-state index is 0.485. The molecule has 1 heterocycles. The molecule has 0 saturated heterocycles. The number of benzene rings is 2. The highest BCUT2D eigenvalue weighted by Gasteiger charge is 2.34. The highest BCUT2D eigenvalue weighted by atomic mass is 16.5. The van der Waals surface area contributed by atoms with Gasteiger partial charge in [0.15, 0.2) is 0 Å². The van der Waals surface area contributed by atoms with Crippen LogP contribution in [0.5, 0.6) is 5.75 Å². The fourth-order valence-electron chi connectivity index (χ4n) is 4.34. The molecule has 146 valence electrons. The van der Waals surface area contributed by atoms with Gasteiger partial charge in [-0.3, -0.25) is 0 Å². The molecule has 4 heteroatoms. The first-order valence-electron chi connectivity index (χ1n) is 9.91. The molecule has 0 spiro atoms. The van der Waals surface area contributed by atoms with Crippen LogP contribution >= 0.6 is 0 Å². The highest BCUT2D eigenvalue weighted by Crippen LogP contribution is 2.49. The van der Waals surface area contributed by atoms with Gasteiger partial charge in [0.25, 0.3) is 0 Å². The average molecular weight is 378 g/mol. The zero-order valence-electron chi connectivity index (χ0n) is 16.5. The van der Waals surface area contributed by atoms with Gasteiger partial charge in [-0.2, -0.15) is 0 Å². The number of rotatable bonds is 6. The standard InChI is InChI=1S/C24H26O4/c1-4-27-23(24(25)26)21-14(2)7-10-19(16-8-9-16)22(21)18-11-12-20-17(15(18)3)6-5-13-28-20/h4,7,10-12,16,23H,1,5-6,8-9,13H2,2-3H3,(H,25,26). The van der Waals surface area contributed by atoms with Gasteiger partial charge >= 0.3 is 5.97 Å². The van der Waals surface area contributed by atoms with Crippen LogP contribution in [-0.2, 0) is 16.0 Å². The molecule has 1 N–H and O–H groups in total. The summed E-state index contributed by atoms with van der Waals surface area (Å²) in [5.74, 6) is 0.433. The summed E-state index contributed by atoms with van der Waals surface area (Å²) < 4.78 is 11.3. The summed E-state index contributed by atoms with van der Waals surface area (Å²) in [6.07, 6.45) is 4.42. The van der Waals surface area contributed by atoms with Gasteiger partial charge in [0, 0.05) is 5.56 Å². The third kappa shape index (κ3) is 3.17. The lowest BCUT2D eigenvalue weighted by atomic mass is 9.83. The number of carboxylic acids is 1. The molecule has 4 rings (SSSR count). The molecule has 4 nitrogen and oxygen atoms in total. The van der Waals surface area contributed by atoms with Gasteiger partial charge in [-0.05, 0) is 84.9 Å². The van der Waals surface area contributed by atoms with Crippen LogP contribution in [0.15, 0.2) is 37.1 Å². The number of hydrogen-bond acceptors (Lipinski definition) is 3. The number of hydrogen-bond donors (Lipinski definition) is 1. The summed E-state index contributed by atoms with van der Waals surface area (Å²) in [4.78, 5) is 12.0. The smallest absolute Gasteiger partial charge is 0.349 e. The zero-order valence-corrected chi connectivity index (χ0v) is 16.5. The fraction of sp³-hybridized carbons (Fsp3) is 0.375. The number of fused-ring (bicyclic) bond motifs is 1. The summed E-state index contributed by atoms with van der Waals surface area (Å²) >= 11 is 0. The molecule has 2 aromatic rings. The van der Waals surface area contributed by atoms with Crippen LogP contribution in [0.2, 0.25) is 0 Å². The Morgan fingerprint density at radius 3 is 2.75 bits per heavy atom. The number of ether oxygens (including phenoxy) is 2. The van der Waals surface area contributed by atoms with Crippen molar-refractivity contribution in [2.75, 3.05) is 6.61 Å². The van der Waals surface area contributed by atoms with E-state index in [1.807, 2.05) is 19.1 Å². The minimum Gasteiger partial charge on any atom is -0.493 e. The van der Waals surface area contributed by atoms with Crippen molar-refractivity contribution < 1.29 is 19.4 Å². The topological polar surface area (TPSA) is 55.8 Å². The van der Waals surface area contributed by atoms with E-state index in [4.69, 9.17) is 9.47 Å². The van der Waals surface area contributed by atoms with Crippen molar-refractivity contribution >= 4 is 5.97 Å². The molecule has 2 aromatic carbocycles. The van der Waals surface area contributed by atoms with Gasteiger partial charge in [-0.25, -0.2) is 4.79 Å². The van der Waals surface area contributed by atoms with Crippen LogP contribution in [0.3, 0.4) is 0 Å². The number of carboxylic acid groups (broad SMARTS) is 1. The predicted molar refractivity (Wildman–Crippen MR) is 109 cm³/mol. The molecule has 0 aromatic heterocycles. The largest absolute Gasteiger partial charge is 0.493 e. The van der Waals surface area contributed by atoms with Crippen molar-refractivity contribution in [3.63, 3.8) is 0 Å². The molecule has 0 bridgehead atoms. The van der Waals surface area contributed by atoms with E-state index < -0.39 is 12.1 Å². The Kier molecular flexibility index (Phi) is 4.88. The summed E-state index contributed by atoms with van der Waals surface area (Å²) in [6.45, 7) is 8.41. The quantitative estimate of drug-likeness (QED) is 0.678. The molecular weight excluding hydrogens is 352 g/mol. The Morgan fingerprint density at radius 2 is 2.07 bits per heavy atom. The molecule has 0 radical (unpaired) electrons. The van der Waals surface area contributed by atoms with Gasteiger partial charge in [0.05, 0.1) is 12.9 Å². The van der Waals surface area contributed by atoms with Crippen LogP contribution in [0.1, 0.15) is 59.1 Å². The molecule has 1 saturated carbocycles. The van der Waals surface area contributed by atoms with Gasteiger partial charge in [0.1, 0.15) is 5.75 Å². The molecule has 1 atom stereocenters. The van der Waals surface area contributed by atoms with Crippen molar-refractivity contribution in [3.8, 4) is 16.9 Å². The Balaban J connectivity index is 1.99. The molecule has 1 unspecified atom stereocenters. The Morgan fingerprint density at radius 1 is 1.29 bits per heavy atom. The number of aliphatic carboxylic acids is 1. The molecule has 1 fully saturated rings. The van der Waals surface area contributed by atoms with E-state index in [0.29, 0.717) is 5.92 Å². The van der Waals surface area contributed by atoms with Crippen molar-refractivity contribution in [2.45, 2.75) is 51.6 Å². The predicted octanol–water partition coefficient (Wildman–Crippen LogP) is 5.46. The maximum absolute atomic E-state index is 12.0. The first-order chi connectivity index (χ1) is 13.5. The van der Waals surface area contributed by atoms with Crippen LogP contribution in [0, 0.1) is 13.8 Å². The minimum atomic E-state index is -1.07. The fourth-order valence-corrected chi connectivity index (χ4v) is 4.34. The second-order valence-corrected chi connectivity index (χ2v) is 7.72. The molecule has 1 aliphatic carbocycles. The van der Waals surface area contributed by atoms with E-state index in [0.717, 1.165) is 60.3 Å². The van der Waals surface area contributed by atoms with E-state index >= 15 is 0 Å². The average Bonchev–Trinajstić information content (AvgIpc) is 3.52. The van der Waals surface area contributed by atoms with Crippen LogP contribution < -0.4 is 4.74 Å². The van der Waals surface area contributed by atoms with Crippen molar-refractivity contribution in [1.82, 2.24) is 0 Å². The van der Waals surface area contributed by atoms with Gasteiger partial charge in [-0.1, -0.05) is 24.8 Å². The van der Waals surface area contributed by atoms with Crippen LogP contribution in [0.4, 0.5) is 0 Å². The van der Waals surface area contributed by atoms with Gasteiger partial charge in [0.2, 0.25) is 6.10 Å². The maximum Gasteiger partial charge on any atom is 0.349 e. The van der Waals surface area contributed by atoms with Crippen molar-refractivity contribution in [1.29, 1.82) is 0 Å². The van der Waals surface area contributed by atoms with Crippen molar-refractivity contribution in [3.05, 3.63) is 64.9 Å². The third-order valence-electron chi connectivity index (χ3n) is 5.89. The molecular formula is C24H26O4. The SMILES string of the molecule is C=COC(C(=O)O)c1c(C)ccc(C2CC2)c1-c1ccc2c(c1C)CCCO2. The number of aryl methyl sites for hydroxylation is 1. The Labute approximate surface area is 165 Å². The zero-order chi connectivity index (χ0) is 19.8. The van der Waals surface area contributed by atoms with Gasteiger partial charge < -0.3 is 14.6 Å². The summed E-state index contributed by atoms with van der Waals surface area (Å²) in [7, 11) is 0. The summed E-state index contributed by atoms with van der Waals surface area (Å²) in [5, 5.41) is 9.87.